The van der Waals surface area contributed by atoms with E-state index in [1.54, 1.807) is 6.92 Å². The van der Waals surface area contributed by atoms with E-state index in [4.69, 9.17) is 23.2 Å². The molecule has 1 unspecified atom stereocenters. The van der Waals surface area contributed by atoms with E-state index < -0.39 is 15.6 Å². The molecule has 0 radical (unpaired) electrons. The number of nitrogens with one attached hydrogen (secondary N) is 1. The van der Waals surface area contributed by atoms with Crippen LogP contribution >= 0.6 is 23.2 Å². The Bertz CT molecular complexity index is 712. The third kappa shape index (κ3) is 3.23. The summed E-state index contributed by atoms with van der Waals surface area (Å²) in [7, 11) is -2.35. The van der Waals surface area contributed by atoms with Gasteiger partial charge in [-0.25, -0.2) is 8.42 Å². The van der Waals surface area contributed by atoms with Gasteiger partial charge in [-0.05, 0) is 12.5 Å². The predicted molar refractivity (Wildman–Crippen MR) is 83.1 cm³/mol. The first-order chi connectivity index (χ1) is 9.80. The molecule has 0 fully saturated rings. The van der Waals surface area contributed by atoms with Crippen LogP contribution in [0.1, 0.15) is 12.5 Å². The van der Waals surface area contributed by atoms with E-state index in [0.717, 1.165) is 5.56 Å². The van der Waals surface area contributed by atoms with Crippen molar-refractivity contribution in [3.8, 4) is 0 Å². The third-order valence-electron chi connectivity index (χ3n) is 3.13. The molecular weight excluding hydrogens is 333 g/mol. The summed E-state index contributed by atoms with van der Waals surface area (Å²) in [6.07, 6.45) is 1.29. The van der Waals surface area contributed by atoms with Gasteiger partial charge in [-0.1, -0.05) is 41.9 Å². The van der Waals surface area contributed by atoms with Crippen LogP contribution in [0.4, 0.5) is 0 Å². The molecule has 1 aromatic carbocycles. The lowest BCUT2D eigenvalue weighted by molar-refractivity contribution is 0.471. The van der Waals surface area contributed by atoms with Crippen molar-refractivity contribution >= 4 is 33.2 Å². The molecule has 0 spiro atoms. The molecule has 0 saturated heterocycles. The highest BCUT2D eigenvalue weighted by atomic mass is 35.5. The lowest BCUT2D eigenvalue weighted by atomic mass is 9.96. The Kier molecular flexibility index (Phi) is 4.63. The van der Waals surface area contributed by atoms with Crippen LogP contribution in [0.2, 0.25) is 5.02 Å². The summed E-state index contributed by atoms with van der Waals surface area (Å²) in [5, 5.41) is 3.82. The predicted octanol–water partition coefficient (Wildman–Crippen LogP) is 2.51. The molecule has 1 N–H and O–H groups in total. The van der Waals surface area contributed by atoms with Gasteiger partial charge in [0.1, 0.15) is 0 Å². The highest BCUT2D eigenvalue weighted by molar-refractivity contribution is 7.89. The molecule has 0 saturated carbocycles. The minimum Gasteiger partial charge on any atom is -0.255 e. The van der Waals surface area contributed by atoms with E-state index in [0.29, 0.717) is 0 Å². The summed E-state index contributed by atoms with van der Waals surface area (Å²) in [6.45, 7) is 1.72. The maximum absolute atomic E-state index is 12.6. The van der Waals surface area contributed by atoms with Crippen LogP contribution in [0.3, 0.4) is 0 Å². The third-order valence-corrected chi connectivity index (χ3v) is 5.77. The Balaban J connectivity index is 2.43. The van der Waals surface area contributed by atoms with E-state index in [2.05, 4.69) is 9.82 Å². The van der Waals surface area contributed by atoms with Gasteiger partial charge in [0.15, 0.2) is 5.03 Å². The monoisotopic (exact) mass is 347 g/mol. The average Bonchev–Trinajstić information content (AvgIpc) is 2.79. The second-order valence-corrected chi connectivity index (χ2v) is 7.13. The largest absolute Gasteiger partial charge is 0.260 e. The van der Waals surface area contributed by atoms with Crippen molar-refractivity contribution in [3.63, 3.8) is 0 Å². The first-order valence-electron chi connectivity index (χ1n) is 6.13. The van der Waals surface area contributed by atoms with E-state index >= 15 is 0 Å². The van der Waals surface area contributed by atoms with Gasteiger partial charge in [0.25, 0.3) is 10.0 Å². The molecule has 1 aromatic heterocycles. The molecule has 0 aliphatic heterocycles. The fraction of sp³-hybridized carbons (Fsp3) is 0.308. The fourth-order valence-electron chi connectivity index (χ4n) is 2.02. The Morgan fingerprint density at radius 2 is 1.95 bits per heavy atom. The number of alkyl halides is 1. The van der Waals surface area contributed by atoms with Crippen LogP contribution in [-0.2, 0) is 22.6 Å². The van der Waals surface area contributed by atoms with Gasteiger partial charge >= 0.3 is 0 Å². The number of aryl methyl sites for hydroxylation is 1. The molecular formula is C13H15Cl2N3O2S. The van der Waals surface area contributed by atoms with Crippen molar-refractivity contribution in [2.45, 2.75) is 17.5 Å². The van der Waals surface area contributed by atoms with Gasteiger partial charge in [-0.3, -0.25) is 4.68 Å². The standard InChI is InChI=1S/C13H15Cl2N3O2S/c1-13(9-14,10-6-4-3-5-7-10)17-21(19,20)12-11(15)8-16-18(12)2/h3-8,17H,9H2,1-2H3. The quantitative estimate of drug-likeness (QED) is 0.845. The van der Waals surface area contributed by atoms with Crippen molar-refractivity contribution < 1.29 is 8.42 Å². The Morgan fingerprint density at radius 3 is 2.43 bits per heavy atom. The Hall–Kier alpha value is -1.08. The number of hydrogen-bond donors (Lipinski definition) is 1. The van der Waals surface area contributed by atoms with Crippen molar-refractivity contribution in [3.05, 3.63) is 47.1 Å². The van der Waals surface area contributed by atoms with E-state index in [9.17, 15) is 8.42 Å². The topological polar surface area (TPSA) is 64.0 Å². The van der Waals surface area contributed by atoms with Crippen LogP contribution in [0, 0.1) is 0 Å². The SMILES string of the molecule is Cn1ncc(Cl)c1S(=O)(=O)NC(C)(CCl)c1ccccc1. The summed E-state index contributed by atoms with van der Waals surface area (Å²) in [5.41, 5.74) is -0.184. The minimum atomic E-state index is -3.86. The first-order valence-corrected chi connectivity index (χ1v) is 8.53. The number of rotatable bonds is 5. The zero-order chi connectivity index (χ0) is 15.7. The summed E-state index contributed by atoms with van der Waals surface area (Å²) in [6, 6.07) is 9.13. The molecule has 0 aliphatic rings. The van der Waals surface area contributed by atoms with Gasteiger partial charge in [0.2, 0.25) is 0 Å². The molecule has 114 valence electrons. The smallest absolute Gasteiger partial charge is 0.255 e. The van der Waals surface area contributed by atoms with Crippen LogP contribution in [0.25, 0.3) is 0 Å². The van der Waals surface area contributed by atoms with Gasteiger partial charge in [0.05, 0.1) is 16.8 Å². The second kappa shape index (κ2) is 5.96. The normalized spacial score (nSPS) is 14.9. The molecule has 2 aromatic rings. The highest BCUT2D eigenvalue weighted by Gasteiger charge is 2.34. The molecule has 5 nitrogen and oxygen atoms in total. The van der Waals surface area contributed by atoms with Crippen molar-refractivity contribution in [2.24, 2.45) is 7.05 Å². The van der Waals surface area contributed by atoms with Gasteiger partial charge in [-0.15, -0.1) is 11.6 Å². The second-order valence-electron chi connectivity index (χ2n) is 4.86. The molecule has 0 bridgehead atoms. The average molecular weight is 348 g/mol. The number of nitrogens with zero attached hydrogens (tertiary/aromatic N) is 2. The van der Waals surface area contributed by atoms with E-state index in [1.165, 1.54) is 17.9 Å². The number of aromatic nitrogens is 2. The van der Waals surface area contributed by atoms with Crippen LogP contribution in [0.5, 0.6) is 0 Å². The van der Waals surface area contributed by atoms with E-state index in [1.807, 2.05) is 30.3 Å². The van der Waals surface area contributed by atoms with Gasteiger partial charge < -0.3 is 0 Å². The van der Waals surface area contributed by atoms with Crippen molar-refractivity contribution in [1.82, 2.24) is 14.5 Å². The molecule has 21 heavy (non-hydrogen) atoms. The summed E-state index contributed by atoms with van der Waals surface area (Å²) in [5.74, 6) is 0.0751. The Labute approximate surface area is 133 Å². The van der Waals surface area contributed by atoms with Crippen molar-refractivity contribution in [2.75, 3.05) is 5.88 Å². The molecule has 1 heterocycles. The lowest BCUT2D eigenvalue weighted by Gasteiger charge is -2.28. The number of benzene rings is 1. The van der Waals surface area contributed by atoms with E-state index in [-0.39, 0.29) is 15.9 Å². The first kappa shape index (κ1) is 16.3. The number of hydrogen-bond acceptors (Lipinski definition) is 3. The highest BCUT2D eigenvalue weighted by Crippen LogP contribution is 2.27. The Morgan fingerprint density at radius 1 is 1.33 bits per heavy atom. The van der Waals surface area contributed by atoms with Gasteiger partial charge in [0, 0.05) is 12.9 Å². The molecule has 2 rings (SSSR count). The molecule has 8 heteroatoms. The maximum Gasteiger partial charge on any atom is 0.260 e. The number of sulfonamides is 1. The van der Waals surface area contributed by atoms with Crippen molar-refractivity contribution in [1.29, 1.82) is 0 Å². The summed E-state index contributed by atoms with van der Waals surface area (Å²) < 4.78 is 29.0. The fourth-order valence-corrected chi connectivity index (χ4v) is 4.37. The van der Waals surface area contributed by atoms with Crippen LogP contribution in [-0.4, -0.2) is 24.1 Å². The summed E-state index contributed by atoms with van der Waals surface area (Å²) in [4.78, 5) is 0. The molecule has 0 amide bonds. The van der Waals surface area contributed by atoms with Crippen LogP contribution in [0.15, 0.2) is 41.6 Å². The molecule has 1 atom stereocenters. The molecule has 0 aliphatic carbocycles. The van der Waals surface area contributed by atoms with Gasteiger partial charge in [-0.2, -0.15) is 9.82 Å². The van der Waals surface area contributed by atoms with Crippen LogP contribution < -0.4 is 4.72 Å². The minimum absolute atomic E-state index is 0.0648. The summed E-state index contributed by atoms with van der Waals surface area (Å²) >= 11 is 11.9. The lowest BCUT2D eigenvalue weighted by Crippen LogP contribution is -2.45. The maximum atomic E-state index is 12.6. The zero-order valence-corrected chi connectivity index (χ0v) is 13.9. The zero-order valence-electron chi connectivity index (χ0n) is 11.5. The number of halogens is 2.